The molecule has 0 aromatic heterocycles. The lowest BCUT2D eigenvalue weighted by atomic mass is 10.3. The molecule has 1 unspecified atom stereocenters. The fourth-order valence-corrected chi connectivity index (χ4v) is 1.06. The molecule has 0 aliphatic heterocycles. The summed E-state index contributed by atoms with van der Waals surface area (Å²) in [5, 5.41) is 9.32. The Labute approximate surface area is 89.6 Å². The van der Waals surface area contributed by atoms with Crippen molar-refractivity contribution in [1.82, 2.24) is 0 Å². The Bertz CT molecular complexity index is 324. The van der Waals surface area contributed by atoms with Gasteiger partial charge in [0.1, 0.15) is 18.1 Å². The SMILES string of the molecule is C#CCC(O)COc1ccc(OC)cc1. The molecule has 3 nitrogen and oxygen atoms in total. The Hall–Kier alpha value is -1.66. The van der Waals surface area contributed by atoms with Gasteiger partial charge in [-0.15, -0.1) is 12.3 Å². The number of aliphatic hydroxyl groups excluding tert-OH is 1. The van der Waals surface area contributed by atoms with Gasteiger partial charge in [-0.1, -0.05) is 0 Å². The molecule has 1 N–H and O–H groups in total. The minimum absolute atomic E-state index is 0.205. The molecule has 0 saturated heterocycles. The highest BCUT2D eigenvalue weighted by Crippen LogP contribution is 2.17. The first-order valence-electron chi connectivity index (χ1n) is 4.64. The molecule has 1 atom stereocenters. The maximum absolute atomic E-state index is 9.32. The van der Waals surface area contributed by atoms with Gasteiger partial charge in [0.15, 0.2) is 0 Å². The monoisotopic (exact) mass is 206 g/mol. The van der Waals surface area contributed by atoms with E-state index >= 15 is 0 Å². The second kappa shape index (κ2) is 5.94. The van der Waals surface area contributed by atoms with Gasteiger partial charge in [-0.05, 0) is 24.3 Å². The van der Waals surface area contributed by atoms with Crippen LogP contribution < -0.4 is 9.47 Å². The third-order valence-electron chi connectivity index (χ3n) is 1.86. The molecule has 0 saturated carbocycles. The third-order valence-corrected chi connectivity index (χ3v) is 1.86. The number of terminal acetylenes is 1. The molecule has 0 spiro atoms. The molecule has 0 aliphatic carbocycles. The first-order valence-corrected chi connectivity index (χ1v) is 4.64. The van der Waals surface area contributed by atoms with E-state index in [4.69, 9.17) is 15.9 Å². The zero-order chi connectivity index (χ0) is 11.1. The summed E-state index contributed by atoms with van der Waals surface area (Å²) in [5.41, 5.74) is 0. The summed E-state index contributed by atoms with van der Waals surface area (Å²) in [4.78, 5) is 0. The average molecular weight is 206 g/mol. The van der Waals surface area contributed by atoms with Crippen LogP contribution >= 0.6 is 0 Å². The smallest absolute Gasteiger partial charge is 0.119 e. The van der Waals surface area contributed by atoms with Crippen LogP contribution in [-0.4, -0.2) is 24.9 Å². The van der Waals surface area contributed by atoms with Crippen molar-refractivity contribution < 1.29 is 14.6 Å². The number of rotatable bonds is 5. The third kappa shape index (κ3) is 3.92. The number of aliphatic hydroxyl groups is 1. The Balaban J connectivity index is 2.41. The van der Waals surface area contributed by atoms with Gasteiger partial charge in [0.25, 0.3) is 0 Å². The second-order valence-electron chi connectivity index (χ2n) is 3.05. The lowest BCUT2D eigenvalue weighted by Crippen LogP contribution is -2.16. The Morgan fingerprint density at radius 2 is 1.93 bits per heavy atom. The highest BCUT2D eigenvalue weighted by molar-refractivity contribution is 5.31. The average Bonchev–Trinajstić information content (AvgIpc) is 2.27. The highest BCUT2D eigenvalue weighted by Gasteiger charge is 2.02. The first kappa shape index (κ1) is 11.4. The van der Waals surface area contributed by atoms with Gasteiger partial charge in [-0.25, -0.2) is 0 Å². The summed E-state index contributed by atoms with van der Waals surface area (Å²) in [6.45, 7) is 0.205. The Morgan fingerprint density at radius 3 is 2.47 bits per heavy atom. The number of benzene rings is 1. The van der Waals surface area contributed by atoms with Crippen LogP contribution in [0, 0.1) is 12.3 Å². The topological polar surface area (TPSA) is 38.7 Å². The molecule has 80 valence electrons. The van der Waals surface area contributed by atoms with Crippen LogP contribution in [0.5, 0.6) is 11.5 Å². The van der Waals surface area contributed by atoms with Crippen LogP contribution in [0.4, 0.5) is 0 Å². The normalized spacial score (nSPS) is 11.5. The quantitative estimate of drug-likeness (QED) is 0.741. The minimum atomic E-state index is -0.614. The lowest BCUT2D eigenvalue weighted by Gasteiger charge is -2.10. The fraction of sp³-hybridized carbons (Fsp3) is 0.333. The van der Waals surface area contributed by atoms with Gasteiger partial charge in [0.05, 0.1) is 13.2 Å². The number of methoxy groups -OCH3 is 1. The van der Waals surface area contributed by atoms with Crippen molar-refractivity contribution in [3.63, 3.8) is 0 Å². The van der Waals surface area contributed by atoms with Crippen LogP contribution in [0.2, 0.25) is 0 Å². The van der Waals surface area contributed by atoms with Crippen molar-refractivity contribution in [3.8, 4) is 23.8 Å². The molecule has 3 heteroatoms. The Morgan fingerprint density at radius 1 is 1.33 bits per heavy atom. The van der Waals surface area contributed by atoms with Gasteiger partial charge >= 0.3 is 0 Å². The molecular formula is C12H14O3. The largest absolute Gasteiger partial charge is 0.497 e. The fourth-order valence-electron chi connectivity index (χ4n) is 1.06. The summed E-state index contributed by atoms with van der Waals surface area (Å²) < 4.78 is 10.3. The molecule has 0 amide bonds. The predicted molar refractivity (Wildman–Crippen MR) is 57.9 cm³/mol. The molecule has 0 fully saturated rings. The zero-order valence-corrected chi connectivity index (χ0v) is 8.64. The number of ether oxygens (including phenoxy) is 2. The van der Waals surface area contributed by atoms with Gasteiger partial charge in [-0.3, -0.25) is 0 Å². The summed E-state index contributed by atoms with van der Waals surface area (Å²) >= 11 is 0. The van der Waals surface area contributed by atoms with Crippen molar-refractivity contribution in [1.29, 1.82) is 0 Å². The summed E-state index contributed by atoms with van der Waals surface area (Å²) in [6, 6.07) is 7.15. The van der Waals surface area contributed by atoms with Gasteiger partial charge < -0.3 is 14.6 Å². The zero-order valence-electron chi connectivity index (χ0n) is 8.64. The van der Waals surface area contributed by atoms with E-state index in [0.717, 1.165) is 5.75 Å². The first-order chi connectivity index (χ1) is 7.26. The molecular weight excluding hydrogens is 192 g/mol. The molecule has 1 aromatic rings. The van der Waals surface area contributed by atoms with E-state index in [9.17, 15) is 5.11 Å². The van der Waals surface area contributed by atoms with E-state index in [2.05, 4.69) is 5.92 Å². The molecule has 0 aliphatic rings. The van der Waals surface area contributed by atoms with E-state index in [-0.39, 0.29) is 6.61 Å². The van der Waals surface area contributed by atoms with E-state index in [0.29, 0.717) is 12.2 Å². The van der Waals surface area contributed by atoms with E-state index in [1.54, 1.807) is 31.4 Å². The standard InChI is InChI=1S/C12H14O3/c1-3-4-10(13)9-15-12-7-5-11(14-2)6-8-12/h1,5-8,10,13H,4,9H2,2H3. The van der Waals surface area contributed by atoms with E-state index < -0.39 is 6.10 Å². The molecule has 1 aromatic carbocycles. The van der Waals surface area contributed by atoms with Gasteiger partial charge in [0, 0.05) is 6.42 Å². The van der Waals surface area contributed by atoms with Crippen molar-refractivity contribution in [2.45, 2.75) is 12.5 Å². The van der Waals surface area contributed by atoms with Crippen molar-refractivity contribution >= 4 is 0 Å². The summed E-state index contributed by atoms with van der Waals surface area (Å²) in [7, 11) is 1.60. The minimum Gasteiger partial charge on any atom is -0.497 e. The Kier molecular flexibility index (Phi) is 4.52. The van der Waals surface area contributed by atoms with Crippen molar-refractivity contribution in [2.75, 3.05) is 13.7 Å². The maximum atomic E-state index is 9.32. The number of hydrogen-bond donors (Lipinski definition) is 1. The molecule has 0 radical (unpaired) electrons. The maximum Gasteiger partial charge on any atom is 0.119 e. The van der Waals surface area contributed by atoms with Crippen LogP contribution in [0.15, 0.2) is 24.3 Å². The van der Waals surface area contributed by atoms with Gasteiger partial charge in [-0.2, -0.15) is 0 Å². The predicted octanol–water partition coefficient (Wildman–Crippen LogP) is 1.46. The highest BCUT2D eigenvalue weighted by atomic mass is 16.5. The molecule has 1 rings (SSSR count). The van der Waals surface area contributed by atoms with Crippen LogP contribution in [0.1, 0.15) is 6.42 Å². The summed E-state index contributed by atoms with van der Waals surface area (Å²) in [5.74, 6) is 3.83. The molecule has 0 bridgehead atoms. The number of hydrogen-bond acceptors (Lipinski definition) is 3. The second-order valence-corrected chi connectivity index (χ2v) is 3.05. The van der Waals surface area contributed by atoms with Crippen molar-refractivity contribution in [2.24, 2.45) is 0 Å². The van der Waals surface area contributed by atoms with Gasteiger partial charge in [0.2, 0.25) is 0 Å². The van der Waals surface area contributed by atoms with Crippen molar-refractivity contribution in [3.05, 3.63) is 24.3 Å². The van der Waals surface area contributed by atoms with Crippen LogP contribution in [0.25, 0.3) is 0 Å². The molecule has 0 heterocycles. The van der Waals surface area contributed by atoms with E-state index in [1.807, 2.05) is 0 Å². The van der Waals surface area contributed by atoms with Crippen LogP contribution in [0.3, 0.4) is 0 Å². The lowest BCUT2D eigenvalue weighted by molar-refractivity contribution is 0.111. The van der Waals surface area contributed by atoms with Crippen LogP contribution in [-0.2, 0) is 0 Å². The summed E-state index contributed by atoms with van der Waals surface area (Å²) in [6.07, 6.45) is 4.74. The molecule has 15 heavy (non-hydrogen) atoms. The van der Waals surface area contributed by atoms with E-state index in [1.165, 1.54) is 0 Å².